The maximum atomic E-state index is 13.2. The highest BCUT2D eigenvalue weighted by molar-refractivity contribution is 9.10. The molecule has 9 nitrogen and oxygen atoms in total. The highest BCUT2D eigenvalue weighted by atomic mass is 79.9. The topological polar surface area (TPSA) is 113 Å². The van der Waals surface area contributed by atoms with Gasteiger partial charge in [0, 0.05) is 10.0 Å². The molecule has 1 fully saturated rings. The van der Waals surface area contributed by atoms with Gasteiger partial charge < -0.3 is 4.74 Å². The summed E-state index contributed by atoms with van der Waals surface area (Å²) in [4.78, 5) is 65.8. The second-order valence-corrected chi connectivity index (χ2v) is 9.16. The summed E-state index contributed by atoms with van der Waals surface area (Å²) < 4.78 is 6.18. The first-order chi connectivity index (χ1) is 17.8. The van der Waals surface area contributed by atoms with E-state index >= 15 is 0 Å². The lowest BCUT2D eigenvalue weighted by atomic mass is 10.0. The molecule has 2 heterocycles. The van der Waals surface area contributed by atoms with Crippen LogP contribution in [-0.2, 0) is 16.1 Å². The summed E-state index contributed by atoms with van der Waals surface area (Å²) in [6.45, 7) is -0.0732. The molecule has 2 aliphatic heterocycles. The van der Waals surface area contributed by atoms with Gasteiger partial charge in [0.2, 0.25) is 0 Å². The van der Waals surface area contributed by atoms with Crippen LogP contribution < -0.4 is 15.0 Å². The number of halogens is 1. The Morgan fingerprint density at radius 3 is 2.14 bits per heavy atom. The molecule has 3 aromatic carbocycles. The molecule has 3 aromatic rings. The summed E-state index contributed by atoms with van der Waals surface area (Å²) in [5.41, 5.74) is 1.63. The predicted octanol–water partition coefficient (Wildman–Crippen LogP) is 3.92. The maximum absolute atomic E-state index is 13.2. The Bertz CT molecular complexity index is 1490. The monoisotopic (exact) mass is 559 g/mol. The molecule has 1 N–H and O–H groups in total. The van der Waals surface area contributed by atoms with Gasteiger partial charge in [-0.3, -0.25) is 29.4 Å². The van der Waals surface area contributed by atoms with Gasteiger partial charge in [-0.2, -0.15) is 0 Å². The first kappa shape index (κ1) is 24.1. The number of hydrogen-bond acceptors (Lipinski definition) is 6. The number of urea groups is 1. The van der Waals surface area contributed by atoms with Crippen molar-refractivity contribution in [1.29, 1.82) is 0 Å². The van der Waals surface area contributed by atoms with Crippen molar-refractivity contribution in [2.75, 3.05) is 12.0 Å². The number of benzene rings is 3. The summed E-state index contributed by atoms with van der Waals surface area (Å²) in [5, 5.41) is 2.19. The molecule has 0 spiro atoms. The number of nitrogens with zero attached hydrogens (tertiary/aromatic N) is 2. The summed E-state index contributed by atoms with van der Waals surface area (Å²) in [6, 6.07) is 17.1. The average molecular weight is 560 g/mol. The van der Waals surface area contributed by atoms with Gasteiger partial charge in [-0.05, 0) is 60.2 Å². The van der Waals surface area contributed by atoms with Crippen molar-refractivity contribution in [1.82, 2.24) is 10.2 Å². The Labute approximate surface area is 219 Å². The van der Waals surface area contributed by atoms with Gasteiger partial charge in [-0.1, -0.05) is 34.1 Å². The molecule has 0 aliphatic carbocycles. The third-order valence-electron chi connectivity index (χ3n) is 6.01. The number of rotatable bonds is 5. The van der Waals surface area contributed by atoms with Crippen LogP contribution in [0.4, 0.5) is 10.5 Å². The molecule has 0 atom stereocenters. The lowest BCUT2D eigenvalue weighted by Crippen LogP contribution is -2.54. The molecule has 0 radical (unpaired) electrons. The van der Waals surface area contributed by atoms with Crippen LogP contribution in [0, 0.1) is 0 Å². The molecule has 5 rings (SSSR count). The first-order valence-electron chi connectivity index (χ1n) is 11.1. The van der Waals surface area contributed by atoms with Crippen molar-refractivity contribution in [2.24, 2.45) is 0 Å². The van der Waals surface area contributed by atoms with Crippen molar-refractivity contribution in [2.45, 2.75) is 6.54 Å². The highest BCUT2D eigenvalue weighted by Gasteiger charge is 2.37. The summed E-state index contributed by atoms with van der Waals surface area (Å²) in [6.07, 6.45) is 1.35. The van der Waals surface area contributed by atoms with E-state index in [0.29, 0.717) is 33.7 Å². The number of fused-ring (bicyclic) bond motifs is 1. The molecule has 2 aliphatic rings. The van der Waals surface area contributed by atoms with E-state index in [9.17, 15) is 24.0 Å². The van der Waals surface area contributed by atoms with Crippen molar-refractivity contribution >= 4 is 57.4 Å². The Morgan fingerprint density at radius 2 is 1.51 bits per heavy atom. The summed E-state index contributed by atoms with van der Waals surface area (Å²) >= 11 is 3.31. The number of amides is 6. The molecular weight excluding hydrogens is 542 g/mol. The average Bonchev–Trinajstić information content (AvgIpc) is 3.12. The number of carbonyl (C=O) groups is 5. The highest BCUT2D eigenvalue weighted by Crippen LogP contribution is 2.29. The van der Waals surface area contributed by atoms with Crippen LogP contribution in [0.15, 0.2) is 76.8 Å². The van der Waals surface area contributed by atoms with Crippen molar-refractivity contribution in [3.05, 3.63) is 99.0 Å². The van der Waals surface area contributed by atoms with Crippen molar-refractivity contribution < 1.29 is 28.7 Å². The fourth-order valence-corrected chi connectivity index (χ4v) is 4.48. The second kappa shape index (κ2) is 9.47. The molecule has 0 unspecified atom stereocenters. The Morgan fingerprint density at radius 1 is 0.865 bits per heavy atom. The Balaban J connectivity index is 1.47. The molecule has 10 heteroatoms. The van der Waals surface area contributed by atoms with Gasteiger partial charge in [0.1, 0.15) is 11.3 Å². The van der Waals surface area contributed by atoms with Gasteiger partial charge in [-0.25, -0.2) is 9.69 Å². The van der Waals surface area contributed by atoms with E-state index < -0.39 is 29.7 Å². The normalized spacial score (nSPS) is 16.4. The van der Waals surface area contributed by atoms with Crippen LogP contribution in [0.25, 0.3) is 6.08 Å². The molecular formula is C27H18BrN3O6. The fourth-order valence-electron chi connectivity index (χ4n) is 4.21. The quantitative estimate of drug-likeness (QED) is 0.288. The predicted molar refractivity (Wildman–Crippen MR) is 137 cm³/mol. The van der Waals surface area contributed by atoms with E-state index in [4.69, 9.17) is 4.74 Å². The van der Waals surface area contributed by atoms with Crippen LogP contribution in [-0.4, -0.2) is 41.7 Å². The van der Waals surface area contributed by atoms with Gasteiger partial charge in [0.05, 0.1) is 30.5 Å². The molecule has 6 amide bonds. The minimum absolute atomic E-state index is 0.0732. The van der Waals surface area contributed by atoms with Crippen LogP contribution in [0.5, 0.6) is 5.75 Å². The van der Waals surface area contributed by atoms with Crippen molar-refractivity contribution in [3.63, 3.8) is 0 Å². The fraction of sp³-hybridized carbons (Fsp3) is 0.0741. The maximum Gasteiger partial charge on any atom is 0.335 e. The van der Waals surface area contributed by atoms with Gasteiger partial charge in [-0.15, -0.1) is 0 Å². The lowest BCUT2D eigenvalue weighted by Gasteiger charge is -2.26. The third kappa shape index (κ3) is 4.31. The van der Waals surface area contributed by atoms with E-state index in [1.807, 2.05) is 0 Å². The van der Waals surface area contributed by atoms with Gasteiger partial charge in [0.25, 0.3) is 23.6 Å². The number of imide groups is 3. The molecule has 184 valence electrons. The van der Waals surface area contributed by atoms with E-state index in [-0.39, 0.29) is 12.1 Å². The SMILES string of the molecule is COc1ccc(/C=C2/C(=O)NC(=O)N(c3ccc(Br)cc3)C2=O)cc1CN1C(=O)c2ccccc2C1=O. The lowest BCUT2D eigenvalue weighted by molar-refractivity contribution is -0.122. The van der Waals surface area contributed by atoms with E-state index in [1.165, 1.54) is 13.2 Å². The van der Waals surface area contributed by atoms with E-state index in [2.05, 4.69) is 21.2 Å². The second-order valence-electron chi connectivity index (χ2n) is 8.25. The summed E-state index contributed by atoms with van der Waals surface area (Å²) in [7, 11) is 1.46. The number of methoxy groups -OCH3 is 1. The van der Waals surface area contributed by atoms with Crippen LogP contribution in [0.1, 0.15) is 31.8 Å². The number of barbiturate groups is 1. The number of anilines is 1. The first-order valence-corrected chi connectivity index (χ1v) is 11.9. The zero-order valence-corrected chi connectivity index (χ0v) is 20.9. The third-order valence-corrected chi connectivity index (χ3v) is 6.54. The van der Waals surface area contributed by atoms with Gasteiger partial charge >= 0.3 is 6.03 Å². The van der Waals surface area contributed by atoms with Crippen LogP contribution in [0.2, 0.25) is 0 Å². The number of nitrogens with one attached hydrogen (secondary N) is 1. The van der Waals surface area contributed by atoms with Crippen LogP contribution in [0.3, 0.4) is 0 Å². The number of ether oxygens (including phenoxy) is 1. The van der Waals surface area contributed by atoms with E-state index in [1.54, 1.807) is 66.7 Å². The summed E-state index contributed by atoms with van der Waals surface area (Å²) in [5.74, 6) is -2.03. The Kier molecular flexibility index (Phi) is 6.18. The standard InChI is InChI=1S/C27H18BrN3O6/c1-37-22-11-6-15(12-16(22)14-30-24(33)19-4-2-3-5-20(19)25(30)34)13-21-23(32)29-27(36)31(26(21)35)18-9-7-17(28)8-10-18/h2-13H,14H2,1H3,(H,29,32,36)/b21-13-. The number of hydrogen-bond donors (Lipinski definition) is 1. The van der Waals surface area contributed by atoms with Gasteiger partial charge in [0.15, 0.2) is 0 Å². The largest absolute Gasteiger partial charge is 0.496 e. The number of carbonyl (C=O) groups excluding carboxylic acids is 5. The molecule has 0 bridgehead atoms. The minimum Gasteiger partial charge on any atom is -0.496 e. The smallest absolute Gasteiger partial charge is 0.335 e. The molecule has 0 saturated carbocycles. The zero-order valence-electron chi connectivity index (χ0n) is 19.4. The van der Waals surface area contributed by atoms with Crippen LogP contribution >= 0.6 is 15.9 Å². The molecule has 1 saturated heterocycles. The van der Waals surface area contributed by atoms with E-state index in [0.717, 1.165) is 14.3 Å². The van der Waals surface area contributed by atoms with Crippen molar-refractivity contribution in [3.8, 4) is 5.75 Å². The zero-order chi connectivity index (χ0) is 26.3. The minimum atomic E-state index is -0.851. The molecule has 37 heavy (non-hydrogen) atoms. The Hall–Kier alpha value is -4.57. The molecule has 0 aromatic heterocycles.